The minimum absolute atomic E-state index is 0.0508. The molecule has 0 aliphatic carbocycles. The lowest BCUT2D eigenvalue weighted by atomic mass is 10.0. The van der Waals surface area contributed by atoms with E-state index in [2.05, 4.69) is 46.2 Å². The van der Waals surface area contributed by atoms with Crippen molar-refractivity contribution in [1.82, 2.24) is 15.2 Å². The molecule has 1 aromatic heterocycles. The monoisotopic (exact) mass is 293 g/mol. The van der Waals surface area contributed by atoms with Gasteiger partial charge in [0.15, 0.2) is 11.6 Å². The Bertz CT molecular complexity index is 486. The van der Waals surface area contributed by atoms with Gasteiger partial charge in [0.1, 0.15) is 0 Å². The molecule has 0 saturated carbocycles. The van der Waals surface area contributed by atoms with Crippen molar-refractivity contribution in [3.63, 3.8) is 0 Å². The van der Waals surface area contributed by atoms with Crippen LogP contribution in [0.2, 0.25) is 0 Å². The standard InChI is InChI=1S/C14H23N5O2/c1-13(2,3)17-11-10-15-18-12(16-11)19-6-4-14(5-7-19)20-8-9-21-14/h10H,4-9H2,1-3H3,(H,16,17,18). The molecule has 2 fully saturated rings. The lowest BCUT2D eigenvalue weighted by Gasteiger charge is -2.37. The summed E-state index contributed by atoms with van der Waals surface area (Å²) < 4.78 is 11.5. The van der Waals surface area contributed by atoms with E-state index in [1.54, 1.807) is 6.20 Å². The Morgan fingerprint density at radius 1 is 1.19 bits per heavy atom. The van der Waals surface area contributed by atoms with E-state index >= 15 is 0 Å². The van der Waals surface area contributed by atoms with Gasteiger partial charge in [-0.05, 0) is 20.8 Å². The van der Waals surface area contributed by atoms with Gasteiger partial charge in [-0.3, -0.25) is 0 Å². The van der Waals surface area contributed by atoms with Crippen molar-refractivity contribution in [2.75, 3.05) is 36.5 Å². The normalized spacial score (nSPS) is 21.8. The highest BCUT2D eigenvalue weighted by molar-refractivity contribution is 5.40. The average molecular weight is 293 g/mol. The Labute approximate surface area is 125 Å². The maximum absolute atomic E-state index is 5.74. The smallest absolute Gasteiger partial charge is 0.247 e. The molecule has 2 saturated heterocycles. The minimum atomic E-state index is -0.370. The van der Waals surface area contributed by atoms with Gasteiger partial charge in [-0.2, -0.15) is 10.1 Å². The van der Waals surface area contributed by atoms with Crippen LogP contribution < -0.4 is 10.2 Å². The van der Waals surface area contributed by atoms with Crippen LogP contribution in [0.5, 0.6) is 0 Å². The molecule has 21 heavy (non-hydrogen) atoms. The zero-order valence-corrected chi connectivity index (χ0v) is 12.9. The highest BCUT2D eigenvalue weighted by Crippen LogP contribution is 2.32. The number of nitrogens with one attached hydrogen (secondary N) is 1. The molecule has 7 heteroatoms. The first-order valence-electron chi connectivity index (χ1n) is 7.47. The molecule has 1 aromatic rings. The van der Waals surface area contributed by atoms with Gasteiger partial charge in [0, 0.05) is 31.5 Å². The van der Waals surface area contributed by atoms with E-state index in [4.69, 9.17) is 9.47 Å². The second-order valence-corrected chi connectivity index (χ2v) is 6.61. The van der Waals surface area contributed by atoms with Gasteiger partial charge >= 0.3 is 0 Å². The first kappa shape index (κ1) is 14.5. The van der Waals surface area contributed by atoms with Crippen molar-refractivity contribution in [2.24, 2.45) is 0 Å². The molecule has 0 aromatic carbocycles. The Hall–Kier alpha value is -1.47. The Morgan fingerprint density at radius 3 is 2.48 bits per heavy atom. The molecule has 3 rings (SSSR count). The quantitative estimate of drug-likeness (QED) is 0.884. The average Bonchev–Trinajstić information content (AvgIpc) is 2.86. The third-order valence-corrected chi connectivity index (χ3v) is 3.67. The molecule has 1 N–H and O–H groups in total. The van der Waals surface area contributed by atoms with Crippen LogP contribution in [0.3, 0.4) is 0 Å². The number of aromatic nitrogens is 3. The Kier molecular flexibility index (Phi) is 3.71. The lowest BCUT2D eigenvalue weighted by molar-refractivity contribution is -0.169. The van der Waals surface area contributed by atoms with Gasteiger partial charge in [-0.25, -0.2) is 0 Å². The topological polar surface area (TPSA) is 72.4 Å². The van der Waals surface area contributed by atoms with Crippen molar-refractivity contribution in [3.8, 4) is 0 Å². The van der Waals surface area contributed by atoms with Crippen molar-refractivity contribution in [3.05, 3.63) is 6.20 Å². The van der Waals surface area contributed by atoms with E-state index in [0.29, 0.717) is 19.2 Å². The summed E-state index contributed by atoms with van der Waals surface area (Å²) in [5.74, 6) is 1.05. The number of rotatable bonds is 2. The molecular weight excluding hydrogens is 270 g/mol. The van der Waals surface area contributed by atoms with Crippen LogP contribution in [0.25, 0.3) is 0 Å². The molecule has 3 heterocycles. The largest absolute Gasteiger partial charge is 0.364 e. The molecule has 0 bridgehead atoms. The summed E-state index contributed by atoms with van der Waals surface area (Å²) in [4.78, 5) is 6.69. The van der Waals surface area contributed by atoms with E-state index in [9.17, 15) is 0 Å². The third kappa shape index (κ3) is 3.41. The Balaban J connectivity index is 1.66. The molecule has 2 aliphatic heterocycles. The van der Waals surface area contributed by atoms with Gasteiger partial charge in [0.05, 0.1) is 19.4 Å². The zero-order chi connectivity index (χ0) is 14.9. The molecule has 0 radical (unpaired) electrons. The number of ether oxygens (including phenoxy) is 2. The van der Waals surface area contributed by atoms with Gasteiger partial charge in [0.25, 0.3) is 0 Å². The summed E-state index contributed by atoms with van der Waals surface area (Å²) in [6, 6.07) is 0. The predicted octanol–water partition coefficient (Wildman–Crippen LogP) is 1.43. The first-order valence-corrected chi connectivity index (χ1v) is 7.47. The van der Waals surface area contributed by atoms with Crippen molar-refractivity contribution in [1.29, 1.82) is 0 Å². The maximum Gasteiger partial charge on any atom is 0.247 e. The summed E-state index contributed by atoms with van der Waals surface area (Å²) >= 11 is 0. The van der Waals surface area contributed by atoms with Crippen molar-refractivity contribution < 1.29 is 9.47 Å². The maximum atomic E-state index is 5.74. The highest BCUT2D eigenvalue weighted by atomic mass is 16.7. The predicted molar refractivity (Wildman–Crippen MR) is 79.3 cm³/mol. The molecule has 2 aliphatic rings. The zero-order valence-electron chi connectivity index (χ0n) is 12.9. The van der Waals surface area contributed by atoms with E-state index < -0.39 is 0 Å². The van der Waals surface area contributed by atoms with E-state index in [1.807, 2.05) is 0 Å². The summed E-state index contributed by atoms with van der Waals surface area (Å²) in [6.45, 7) is 9.31. The SMILES string of the molecule is CC(C)(C)Nc1cnnc(N2CCC3(CC2)OCCO3)n1. The van der Waals surface area contributed by atoms with Crippen LogP contribution in [0.1, 0.15) is 33.6 Å². The second kappa shape index (κ2) is 5.38. The summed E-state index contributed by atoms with van der Waals surface area (Å²) in [7, 11) is 0. The minimum Gasteiger partial charge on any atom is -0.364 e. The third-order valence-electron chi connectivity index (χ3n) is 3.67. The van der Waals surface area contributed by atoms with Crippen molar-refractivity contribution in [2.45, 2.75) is 44.9 Å². The number of hydrogen-bond acceptors (Lipinski definition) is 7. The fourth-order valence-electron chi connectivity index (χ4n) is 2.71. The van der Waals surface area contributed by atoms with E-state index in [-0.39, 0.29) is 11.3 Å². The molecule has 1 spiro atoms. The fourth-order valence-corrected chi connectivity index (χ4v) is 2.71. The van der Waals surface area contributed by atoms with Crippen LogP contribution in [0.4, 0.5) is 11.8 Å². The number of hydrogen-bond donors (Lipinski definition) is 1. The van der Waals surface area contributed by atoms with Gasteiger partial charge in [-0.15, -0.1) is 5.10 Å². The van der Waals surface area contributed by atoms with Gasteiger partial charge in [-0.1, -0.05) is 0 Å². The highest BCUT2D eigenvalue weighted by Gasteiger charge is 2.40. The number of nitrogens with zero attached hydrogens (tertiary/aromatic N) is 4. The van der Waals surface area contributed by atoms with Crippen LogP contribution in [-0.4, -0.2) is 52.8 Å². The molecule has 7 nitrogen and oxygen atoms in total. The van der Waals surface area contributed by atoms with Gasteiger partial charge in [0.2, 0.25) is 5.95 Å². The van der Waals surface area contributed by atoms with Crippen LogP contribution >= 0.6 is 0 Å². The van der Waals surface area contributed by atoms with Crippen LogP contribution in [0, 0.1) is 0 Å². The first-order chi connectivity index (χ1) is 9.96. The summed E-state index contributed by atoms with van der Waals surface area (Å²) in [5, 5.41) is 11.5. The number of anilines is 2. The van der Waals surface area contributed by atoms with Gasteiger partial charge < -0.3 is 19.7 Å². The number of piperidine rings is 1. The molecule has 0 amide bonds. The second-order valence-electron chi connectivity index (χ2n) is 6.61. The van der Waals surface area contributed by atoms with Crippen molar-refractivity contribution >= 4 is 11.8 Å². The summed E-state index contributed by atoms with van der Waals surface area (Å²) in [6.07, 6.45) is 3.34. The molecule has 116 valence electrons. The molecule has 0 atom stereocenters. The van der Waals surface area contributed by atoms with Crippen LogP contribution in [-0.2, 0) is 9.47 Å². The fraction of sp³-hybridized carbons (Fsp3) is 0.786. The molecule has 0 unspecified atom stereocenters. The van der Waals surface area contributed by atoms with Crippen LogP contribution in [0.15, 0.2) is 6.20 Å². The molecular formula is C14H23N5O2. The Morgan fingerprint density at radius 2 is 1.86 bits per heavy atom. The van der Waals surface area contributed by atoms with E-state index in [0.717, 1.165) is 31.7 Å². The lowest BCUT2D eigenvalue weighted by Crippen LogP contribution is -2.45. The summed E-state index contributed by atoms with van der Waals surface area (Å²) in [5.41, 5.74) is -0.0508. The van der Waals surface area contributed by atoms with E-state index in [1.165, 1.54) is 0 Å².